The van der Waals surface area contributed by atoms with Crippen molar-refractivity contribution in [3.63, 3.8) is 0 Å². The van der Waals surface area contributed by atoms with Gasteiger partial charge in [0.25, 0.3) is 0 Å². The summed E-state index contributed by atoms with van der Waals surface area (Å²) in [5.74, 6) is -3.62. The van der Waals surface area contributed by atoms with E-state index in [1.54, 1.807) is 13.8 Å². The van der Waals surface area contributed by atoms with Gasteiger partial charge in [-0.1, -0.05) is 13.3 Å². The second-order valence-corrected chi connectivity index (χ2v) is 7.73. The molecule has 2 aliphatic rings. The maximum absolute atomic E-state index is 13.8. The van der Waals surface area contributed by atoms with Crippen molar-refractivity contribution in [3.05, 3.63) is 0 Å². The average molecular weight is 376 g/mol. The van der Waals surface area contributed by atoms with Crippen LogP contribution >= 0.6 is 0 Å². The molecule has 0 aliphatic heterocycles. The predicted octanol–water partition coefficient (Wildman–Crippen LogP) is 3.08. The summed E-state index contributed by atoms with van der Waals surface area (Å²) in [5.41, 5.74) is -0.704. The lowest BCUT2D eigenvalue weighted by Crippen LogP contribution is -2.39. The van der Waals surface area contributed by atoms with Gasteiger partial charge in [0.05, 0.1) is 11.3 Å². The van der Waals surface area contributed by atoms with Gasteiger partial charge in [0.15, 0.2) is 0 Å². The van der Waals surface area contributed by atoms with E-state index in [0.717, 1.165) is 19.3 Å². The molecule has 2 rings (SSSR count). The Labute approximate surface area is 151 Å². The SMILES string of the molecule is CCC(C)(C)C(=O)OCCOC(=O)C(F)(F)OC(=O)C1CC2CCC1C2. The van der Waals surface area contributed by atoms with Crippen molar-refractivity contribution in [3.8, 4) is 0 Å². The number of hydrogen-bond acceptors (Lipinski definition) is 6. The van der Waals surface area contributed by atoms with Crippen molar-refractivity contribution >= 4 is 17.9 Å². The minimum absolute atomic E-state index is 0.0700. The van der Waals surface area contributed by atoms with Crippen LogP contribution in [0.3, 0.4) is 0 Å². The predicted molar refractivity (Wildman–Crippen MR) is 86.0 cm³/mol. The van der Waals surface area contributed by atoms with Gasteiger partial charge in [-0.15, -0.1) is 0 Å². The fourth-order valence-electron chi connectivity index (χ4n) is 3.47. The third kappa shape index (κ3) is 4.71. The largest absolute Gasteiger partial charge is 0.504 e. The van der Waals surface area contributed by atoms with Gasteiger partial charge in [-0.2, -0.15) is 8.78 Å². The second kappa shape index (κ2) is 7.88. The first-order chi connectivity index (χ1) is 12.1. The molecule has 0 heterocycles. The Morgan fingerprint density at radius 1 is 1.00 bits per heavy atom. The topological polar surface area (TPSA) is 78.9 Å². The molecule has 0 aromatic heterocycles. The van der Waals surface area contributed by atoms with Crippen LogP contribution in [0.15, 0.2) is 0 Å². The Kier molecular flexibility index (Phi) is 6.24. The highest BCUT2D eigenvalue weighted by atomic mass is 19.3. The monoisotopic (exact) mass is 376 g/mol. The molecule has 6 nitrogen and oxygen atoms in total. The van der Waals surface area contributed by atoms with Crippen molar-refractivity contribution in [1.29, 1.82) is 0 Å². The summed E-state index contributed by atoms with van der Waals surface area (Å²) in [4.78, 5) is 35.1. The first-order valence-electron chi connectivity index (χ1n) is 9.02. The summed E-state index contributed by atoms with van der Waals surface area (Å²) < 4.78 is 40.9. The molecular formula is C18H26F2O6. The molecule has 3 unspecified atom stereocenters. The van der Waals surface area contributed by atoms with E-state index in [-0.39, 0.29) is 12.5 Å². The molecule has 2 fully saturated rings. The molecule has 2 saturated carbocycles. The number of rotatable bonds is 8. The van der Waals surface area contributed by atoms with E-state index in [1.165, 1.54) is 0 Å². The van der Waals surface area contributed by atoms with Crippen LogP contribution in [0.5, 0.6) is 0 Å². The average Bonchev–Trinajstić information content (AvgIpc) is 3.20. The molecule has 148 valence electrons. The fraction of sp³-hybridized carbons (Fsp3) is 0.833. The van der Waals surface area contributed by atoms with Gasteiger partial charge in [-0.3, -0.25) is 9.59 Å². The van der Waals surface area contributed by atoms with Gasteiger partial charge in [0, 0.05) is 0 Å². The first kappa shape index (κ1) is 20.6. The zero-order valence-corrected chi connectivity index (χ0v) is 15.4. The highest BCUT2D eigenvalue weighted by Gasteiger charge is 2.51. The van der Waals surface area contributed by atoms with Gasteiger partial charge in [0.2, 0.25) is 0 Å². The molecular weight excluding hydrogens is 350 g/mol. The molecule has 0 amide bonds. The molecule has 0 aromatic rings. The number of alkyl halides is 2. The minimum atomic E-state index is -4.34. The summed E-state index contributed by atoms with van der Waals surface area (Å²) in [6, 6.07) is 0. The summed E-state index contributed by atoms with van der Waals surface area (Å²) in [5, 5.41) is 0. The maximum atomic E-state index is 13.8. The third-order valence-electron chi connectivity index (χ3n) is 5.49. The Balaban J connectivity index is 1.73. The Morgan fingerprint density at radius 3 is 2.12 bits per heavy atom. The van der Waals surface area contributed by atoms with E-state index < -0.39 is 42.0 Å². The highest BCUT2D eigenvalue weighted by Crippen LogP contribution is 2.49. The minimum Gasteiger partial charge on any atom is -0.462 e. The molecule has 2 aliphatic carbocycles. The van der Waals surface area contributed by atoms with Crippen molar-refractivity contribution in [2.45, 2.75) is 59.0 Å². The van der Waals surface area contributed by atoms with Crippen LogP contribution in [-0.4, -0.2) is 37.2 Å². The number of carbonyl (C=O) groups is 3. The number of hydrogen-bond donors (Lipinski definition) is 0. The number of carbonyl (C=O) groups excluding carboxylic acids is 3. The maximum Gasteiger partial charge on any atom is 0.504 e. The van der Waals surface area contributed by atoms with Crippen LogP contribution in [-0.2, 0) is 28.6 Å². The number of halogens is 2. The number of ether oxygens (including phenoxy) is 3. The van der Waals surface area contributed by atoms with Crippen LogP contribution in [0.25, 0.3) is 0 Å². The highest BCUT2D eigenvalue weighted by molar-refractivity contribution is 5.81. The molecule has 0 saturated heterocycles. The molecule has 3 atom stereocenters. The van der Waals surface area contributed by atoms with Crippen LogP contribution in [0.4, 0.5) is 8.78 Å². The lowest BCUT2D eigenvalue weighted by molar-refractivity contribution is -0.248. The van der Waals surface area contributed by atoms with Gasteiger partial charge in [-0.25, -0.2) is 4.79 Å². The summed E-state index contributed by atoms with van der Waals surface area (Å²) >= 11 is 0. The molecule has 26 heavy (non-hydrogen) atoms. The van der Waals surface area contributed by atoms with Crippen LogP contribution < -0.4 is 0 Å². The number of fused-ring (bicyclic) bond motifs is 2. The quantitative estimate of drug-likeness (QED) is 0.368. The fourth-order valence-corrected chi connectivity index (χ4v) is 3.47. The van der Waals surface area contributed by atoms with E-state index in [9.17, 15) is 23.2 Å². The molecule has 0 N–H and O–H groups in total. The van der Waals surface area contributed by atoms with Gasteiger partial charge in [0.1, 0.15) is 13.2 Å². The lowest BCUT2D eigenvalue weighted by Gasteiger charge is -2.23. The molecule has 0 aromatic carbocycles. The smallest absolute Gasteiger partial charge is 0.462 e. The molecule has 0 radical (unpaired) electrons. The van der Waals surface area contributed by atoms with Crippen LogP contribution in [0.1, 0.15) is 52.9 Å². The van der Waals surface area contributed by atoms with Gasteiger partial charge >= 0.3 is 24.0 Å². The van der Waals surface area contributed by atoms with Crippen molar-refractivity contribution in [2.24, 2.45) is 23.2 Å². The van der Waals surface area contributed by atoms with E-state index in [2.05, 4.69) is 9.47 Å². The van der Waals surface area contributed by atoms with E-state index in [1.807, 2.05) is 6.92 Å². The van der Waals surface area contributed by atoms with E-state index in [0.29, 0.717) is 18.8 Å². The second-order valence-electron chi connectivity index (χ2n) is 7.73. The number of esters is 3. The van der Waals surface area contributed by atoms with Gasteiger partial charge < -0.3 is 14.2 Å². The standard InChI is InChI=1S/C18H26F2O6/c1-4-17(2,3)15(22)24-7-8-25-16(23)18(19,20)26-14(21)13-10-11-5-6-12(13)9-11/h11-13H,4-10H2,1-3H3. The summed E-state index contributed by atoms with van der Waals surface area (Å²) in [6.45, 7) is 4.30. The van der Waals surface area contributed by atoms with Crippen LogP contribution in [0, 0.1) is 23.2 Å². The molecule has 8 heteroatoms. The zero-order chi connectivity index (χ0) is 19.5. The van der Waals surface area contributed by atoms with Crippen molar-refractivity contribution in [1.82, 2.24) is 0 Å². The summed E-state index contributed by atoms with van der Waals surface area (Å²) in [7, 11) is 0. The zero-order valence-electron chi connectivity index (χ0n) is 15.4. The van der Waals surface area contributed by atoms with Crippen molar-refractivity contribution < 1.29 is 37.4 Å². The Bertz CT molecular complexity index is 560. The van der Waals surface area contributed by atoms with Gasteiger partial charge in [-0.05, 0) is 51.4 Å². The van der Waals surface area contributed by atoms with E-state index >= 15 is 0 Å². The van der Waals surface area contributed by atoms with E-state index in [4.69, 9.17) is 4.74 Å². The summed E-state index contributed by atoms with van der Waals surface area (Å²) in [6.07, 6.45) is -0.554. The molecule has 2 bridgehead atoms. The first-order valence-corrected chi connectivity index (χ1v) is 9.02. The van der Waals surface area contributed by atoms with Crippen molar-refractivity contribution in [2.75, 3.05) is 13.2 Å². The normalized spacial score (nSPS) is 25.0. The third-order valence-corrected chi connectivity index (χ3v) is 5.49. The van der Waals surface area contributed by atoms with Crippen LogP contribution in [0.2, 0.25) is 0 Å². The lowest BCUT2D eigenvalue weighted by atomic mass is 9.89. The Morgan fingerprint density at radius 2 is 1.62 bits per heavy atom. The Hall–Kier alpha value is -1.73. The molecule has 0 spiro atoms.